The van der Waals surface area contributed by atoms with Gasteiger partial charge in [0.15, 0.2) is 0 Å². The Kier molecular flexibility index (Phi) is 4.01. The maximum atomic E-state index is 12.2. The number of nitro benzene ring substituents is 1. The molecule has 1 aliphatic heterocycles. The molecule has 1 fully saturated rings. The summed E-state index contributed by atoms with van der Waals surface area (Å²) in [5.41, 5.74) is 0.0709. The zero-order valence-electron chi connectivity index (χ0n) is 10.1. The number of nitrogens with zero attached hydrogens (tertiary/aromatic N) is 2. The topological polar surface area (TPSA) is 83.7 Å². The molecule has 0 radical (unpaired) electrons. The summed E-state index contributed by atoms with van der Waals surface area (Å²) in [6.45, 7) is 0.829. The molecule has 1 amide bonds. The summed E-state index contributed by atoms with van der Waals surface area (Å²) in [7, 11) is 0. The fourth-order valence-corrected chi connectivity index (χ4v) is 2.36. The molecule has 1 atom stereocenters. The number of amides is 1. The lowest BCUT2D eigenvalue weighted by Crippen LogP contribution is -2.42. The molecule has 102 valence electrons. The first-order valence-corrected chi connectivity index (χ1v) is 6.28. The molecule has 19 heavy (non-hydrogen) atoms. The van der Waals surface area contributed by atoms with Gasteiger partial charge in [-0.15, -0.1) is 0 Å². The second kappa shape index (κ2) is 5.54. The van der Waals surface area contributed by atoms with Crippen molar-refractivity contribution in [3.8, 4) is 0 Å². The van der Waals surface area contributed by atoms with Crippen molar-refractivity contribution < 1.29 is 14.8 Å². The third-order valence-corrected chi connectivity index (χ3v) is 3.39. The van der Waals surface area contributed by atoms with E-state index in [4.69, 9.17) is 11.6 Å². The predicted molar refractivity (Wildman–Crippen MR) is 69.3 cm³/mol. The van der Waals surface area contributed by atoms with E-state index in [9.17, 15) is 20.0 Å². The van der Waals surface area contributed by atoms with Gasteiger partial charge in [-0.2, -0.15) is 0 Å². The number of hydrogen-bond acceptors (Lipinski definition) is 4. The van der Waals surface area contributed by atoms with Crippen molar-refractivity contribution in [3.63, 3.8) is 0 Å². The summed E-state index contributed by atoms with van der Waals surface area (Å²) in [6.07, 6.45) is 0.893. The molecule has 1 aliphatic rings. The fraction of sp³-hybridized carbons (Fsp3) is 0.417. The van der Waals surface area contributed by atoms with Crippen LogP contribution in [0.4, 0.5) is 5.69 Å². The number of likely N-dealkylation sites (tertiary alicyclic amines) is 1. The van der Waals surface area contributed by atoms with Crippen molar-refractivity contribution in [3.05, 3.63) is 38.9 Å². The van der Waals surface area contributed by atoms with Crippen LogP contribution in [-0.2, 0) is 0 Å². The van der Waals surface area contributed by atoms with E-state index >= 15 is 0 Å². The van der Waals surface area contributed by atoms with E-state index in [1.165, 1.54) is 17.0 Å². The van der Waals surface area contributed by atoms with Crippen molar-refractivity contribution >= 4 is 23.2 Å². The molecule has 1 aromatic rings. The molecule has 1 N–H and O–H groups in total. The first-order valence-electron chi connectivity index (χ1n) is 5.90. The zero-order valence-corrected chi connectivity index (χ0v) is 10.8. The number of piperidine rings is 1. The van der Waals surface area contributed by atoms with Crippen molar-refractivity contribution in [2.75, 3.05) is 13.1 Å². The van der Waals surface area contributed by atoms with E-state index < -0.39 is 11.0 Å². The van der Waals surface area contributed by atoms with Crippen LogP contribution in [-0.4, -0.2) is 40.0 Å². The first kappa shape index (κ1) is 13.8. The molecule has 0 aliphatic carbocycles. The van der Waals surface area contributed by atoms with Gasteiger partial charge in [-0.25, -0.2) is 0 Å². The lowest BCUT2D eigenvalue weighted by Gasteiger charge is -2.30. The average molecular weight is 285 g/mol. The van der Waals surface area contributed by atoms with E-state index in [-0.39, 0.29) is 28.7 Å². The zero-order chi connectivity index (χ0) is 14.0. The number of aliphatic hydroxyl groups excluding tert-OH is 1. The van der Waals surface area contributed by atoms with Gasteiger partial charge in [0.05, 0.1) is 21.6 Å². The largest absolute Gasteiger partial charge is 0.391 e. The Morgan fingerprint density at radius 2 is 2.26 bits per heavy atom. The van der Waals surface area contributed by atoms with Gasteiger partial charge in [0.2, 0.25) is 0 Å². The van der Waals surface area contributed by atoms with Crippen LogP contribution in [0.5, 0.6) is 0 Å². The Balaban J connectivity index is 2.21. The van der Waals surface area contributed by atoms with Crippen molar-refractivity contribution in [2.24, 2.45) is 0 Å². The normalized spacial score (nSPS) is 19.3. The Labute approximate surface area is 114 Å². The number of hydrogen-bond donors (Lipinski definition) is 1. The van der Waals surface area contributed by atoms with Crippen LogP contribution in [0.1, 0.15) is 23.2 Å². The summed E-state index contributed by atoms with van der Waals surface area (Å²) in [5.74, 6) is -0.307. The highest BCUT2D eigenvalue weighted by atomic mass is 35.5. The molecule has 6 nitrogen and oxygen atoms in total. The quantitative estimate of drug-likeness (QED) is 0.663. The summed E-state index contributed by atoms with van der Waals surface area (Å²) in [6, 6.07) is 3.76. The van der Waals surface area contributed by atoms with Gasteiger partial charge < -0.3 is 10.0 Å². The average Bonchev–Trinajstić information content (AvgIpc) is 2.37. The number of carbonyl (C=O) groups is 1. The monoisotopic (exact) mass is 284 g/mol. The number of β-amino-alcohol motifs (C(OH)–C–C–N with tert-alkyl or cyclic N) is 1. The van der Waals surface area contributed by atoms with Gasteiger partial charge in [0.25, 0.3) is 11.6 Å². The molecule has 7 heteroatoms. The highest BCUT2D eigenvalue weighted by Gasteiger charge is 2.25. The van der Waals surface area contributed by atoms with Crippen molar-refractivity contribution in [1.29, 1.82) is 0 Å². The van der Waals surface area contributed by atoms with E-state index in [2.05, 4.69) is 0 Å². The highest BCUT2D eigenvalue weighted by molar-refractivity contribution is 6.34. The number of rotatable bonds is 2. The SMILES string of the molecule is O=C(c1ccc([N+](=O)[O-])cc1Cl)N1CCCC(O)C1. The molecule has 0 aromatic heterocycles. The summed E-state index contributed by atoms with van der Waals surface area (Å²) in [5, 5.41) is 20.2. The molecular formula is C12H13ClN2O4. The molecule has 0 saturated carbocycles. The number of aliphatic hydroxyl groups is 1. The van der Waals surface area contributed by atoms with Crippen molar-refractivity contribution in [2.45, 2.75) is 18.9 Å². The first-order chi connectivity index (χ1) is 8.99. The van der Waals surface area contributed by atoms with E-state index in [0.717, 1.165) is 12.5 Å². The molecule has 0 bridgehead atoms. The molecule has 1 unspecified atom stereocenters. The standard InChI is InChI=1S/C12H13ClN2O4/c13-11-6-8(15(18)19)3-4-10(11)12(17)14-5-1-2-9(16)7-14/h3-4,6,9,16H,1-2,5,7H2. The molecule has 0 spiro atoms. The van der Waals surface area contributed by atoms with Gasteiger partial charge in [0, 0.05) is 25.2 Å². The van der Waals surface area contributed by atoms with E-state index in [0.29, 0.717) is 13.0 Å². The number of nitro groups is 1. The Bertz CT molecular complexity index is 520. The van der Waals surface area contributed by atoms with E-state index in [1.54, 1.807) is 0 Å². The lowest BCUT2D eigenvalue weighted by molar-refractivity contribution is -0.384. The maximum Gasteiger partial charge on any atom is 0.270 e. The number of benzene rings is 1. The Morgan fingerprint density at radius 1 is 1.53 bits per heavy atom. The molecule has 2 rings (SSSR count). The Morgan fingerprint density at radius 3 is 2.84 bits per heavy atom. The minimum absolute atomic E-state index is 0.0549. The number of carbonyl (C=O) groups excluding carboxylic acids is 1. The van der Waals surface area contributed by atoms with Crippen LogP contribution in [0, 0.1) is 10.1 Å². The molecular weight excluding hydrogens is 272 g/mol. The van der Waals surface area contributed by atoms with Gasteiger partial charge >= 0.3 is 0 Å². The van der Waals surface area contributed by atoms with Crippen LogP contribution in [0.3, 0.4) is 0 Å². The smallest absolute Gasteiger partial charge is 0.270 e. The van der Waals surface area contributed by atoms with E-state index in [1.807, 2.05) is 0 Å². The lowest BCUT2D eigenvalue weighted by atomic mass is 10.1. The molecule has 1 heterocycles. The van der Waals surface area contributed by atoms with Gasteiger partial charge in [-0.3, -0.25) is 14.9 Å². The summed E-state index contributed by atoms with van der Waals surface area (Å²) < 4.78 is 0. The van der Waals surface area contributed by atoms with Crippen LogP contribution < -0.4 is 0 Å². The van der Waals surface area contributed by atoms with Gasteiger partial charge in [-0.05, 0) is 18.9 Å². The van der Waals surface area contributed by atoms with Crippen LogP contribution >= 0.6 is 11.6 Å². The number of halogens is 1. The molecule has 1 aromatic carbocycles. The third-order valence-electron chi connectivity index (χ3n) is 3.08. The number of non-ortho nitro benzene ring substituents is 1. The minimum Gasteiger partial charge on any atom is -0.391 e. The van der Waals surface area contributed by atoms with Crippen molar-refractivity contribution in [1.82, 2.24) is 4.90 Å². The fourth-order valence-electron chi connectivity index (χ4n) is 2.10. The minimum atomic E-state index is -0.565. The predicted octanol–water partition coefficient (Wildman–Crippen LogP) is 1.85. The Hall–Kier alpha value is -1.66. The van der Waals surface area contributed by atoms with Crippen LogP contribution in [0.15, 0.2) is 18.2 Å². The maximum absolute atomic E-state index is 12.2. The van der Waals surface area contributed by atoms with Crippen LogP contribution in [0.25, 0.3) is 0 Å². The molecule has 1 saturated heterocycles. The second-order valence-corrected chi connectivity index (χ2v) is 4.88. The summed E-state index contributed by atoms with van der Waals surface area (Å²) >= 11 is 5.91. The summed E-state index contributed by atoms with van der Waals surface area (Å²) in [4.78, 5) is 23.8. The second-order valence-electron chi connectivity index (χ2n) is 4.47. The highest BCUT2D eigenvalue weighted by Crippen LogP contribution is 2.24. The third kappa shape index (κ3) is 3.02. The van der Waals surface area contributed by atoms with Gasteiger partial charge in [0.1, 0.15) is 0 Å². The van der Waals surface area contributed by atoms with Gasteiger partial charge in [-0.1, -0.05) is 11.6 Å². The van der Waals surface area contributed by atoms with Crippen LogP contribution in [0.2, 0.25) is 5.02 Å².